The van der Waals surface area contributed by atoms with E-state index < -0.39 is 11.9 Å². The Morgan fingerprint density at radius 1 is 1.60 bits per heavy atom. The first kappa shape index (κ1) is 11.9. The van der Waals surface area contributed by atoms with Crippen LogP contribution in [0.2, 0.25) is 0 Å². The molecule has 0 saturated carbocycles. The molecule has 0 fully saturated rings. The van der Waals surface area contributed by atoms with Crippen molar-refractivity contribution in [1.82, 2.24) is 0 Å². The quantitative estimate of drug-likeness (QED) is 0.776. The standard InChI is InChI=1S/C11H14O3S/c1-3-14-10-5-4-8(15)6-9(10)7(2)11(12)13/h4-7,15H,3H2,1-2H3,(H,12,13). The number of carboxylic acids is 1. The van der Waals surface area contributed by atoms with Gasteiger partial charge in [-0.1, -0.05) is 0 Å². The van der Waals surface area contributed by atoms with Crippen molar-refractivity contribution in [2.75, 3.05) is 6.61 Å². The molecule has 0 saturated heterocycles. The predicted molar refractivity (Wildman–Crippen MR) is 60.9 cm³/mol. The molecule has 0 heterocycles. The fraction of sp³-hybridized carbons (Fsp3) is 0.364. The zero-order valence-electron chi connectivity index (χ0n) is 8.73. The van der Waals surface area contributed by atoms with E-state index in [0.717, 1.165) is 4.90 Å². The van der Waals surface area contributed by atoms with Gasteiger partial charge in [-0.25, -0.2) is 0 Å². The molecular formula is C11H14O3S. The lowest BCUT2D eigenvalue weighted by Crippen LogP contribution is -2.09. The number of thiol groups is 1. The van der Waals surface area contributed by atoms with Crippen LogP contribution in [0.1, 0.15) is 25.3 Å². The Bertz CT molecular complexity index is 363. The molecule has 3 nitrogen and oxygen atoms in total. The van der Waals surface area contributed by atoms with Crippen LogP contribution in [0.25, 0.3) is 0 Å². The van der Waals surface area contributed by atoms with E-state index in [2.05, 4.69) is 12.6 Å². The zero-order chi connectivity index (χ0) is 11.4. The lowest BCUT2D eigenvalue weighted by molar-refractivity contribution is -0.138. The second-order valence-corrected chi connectivity index (χ2v) is 3.73. The van der Waals surface area contributed by atoms with Crippen molar-refractivity contribution in [1.29, 1.82) is 0 Å². The number of ether oxygens (including phenoxy) is 1. The minimum absolute atomic E-state index is 0.519. The second-order valence-electron chi connectivity index (χ2n) is 3.22. The molecule has 1 aromatic rings. The van der Waals surface area contributed by atoms with Gasteiger partial charge in [0, 0.05) is 10.5 Å². The van der Waals surface area contributed by atoms with Gasteiger partial charge in [-0.15, -0.1) is 12.6 Å². The van der Waals surface area contributed by atoms with Crippen molar-refractivity contribution in [3.05, 3.63) is 23.8 Å². The highest BCUT2D eigenvalue weighted by Crippen LogP contribution is 2.29. The molecule has 0 radical (unpaired) electrons. The summed E-state index contributed by atoms with van der Waals surface area (Å²) in [5.74, 6) is -0.835. The normalized spacial score (nSPS) is 12.2. The molecule has 1 rings (SSSR count). The molecule has 0 aliphatic carbocycles. The fourth-order valence-corrected chi connectivity index (χ4v) is 1.51. The summed E-state index contributed by atoms with van der Waals surface area (Å²) in [6.07, 6.45) is 0. The van der Waals surface area contributed by atoms with E-state index in [1.807, 2.05) is 6.92 Å². The highest BCUT2D eigenvalue weighted by Gasteiger charge is 2.18. The van der Waals surface area contributed by atoms with Crippen LogP contribution < -0.4 is 4.74 Å². The molecular weight excluding hydrogens is 212 g/mol. The molecule has 0 aliphatic rings. The van der Waals surface area contributed by atoms with Gasteiger partial charge in [-0.3, -0.25) is 4.79 Å². The van der Waals surface area contributed by atoms with E-state index in [4.69, 9.17) is 9.84 Å². The lowest BCUT2D eigenvalue weighted by Gasteiger charge is -2.13. The Morgan fingerprint density at radius 2 is 2.27 bits per heavy atom. The van der Waals surface area contributed by atoms with Crippen molar-refractivity contribution in [3.63, 3.8) is 0 Å². The Kier molecular flexibility index (Phi) is 4.03. The van der Waals surface area contributed by atoms with Crippen molar-refractivity contribution < 1.29 is 14.6 Å². The van der Waals surface area contributed by atoms with Crippen LogP contribution in [-0.2, 0) is 4.79 Å². The maximum Gasteiger partial charge on any atom is 0.310 e. The van der Waals surface area contributed by atoms with Crippen molar-refractivity contribution in [2.24, 2.45) is 0 Å². The van der Waals surface area contributed by atoms with Crippen molar-refractivity contribution in [2.45, 2.75) is 24.7 Å². The predicted octanol–water partition coefficient (Wildman–Crippen LogP) is 2.56. The molecule has 4 heteroatoms. The maximum absolute atomic E-state index is 10.9. The minimum Gasteiger partial charge on any atom is -0.494 e. The molecule has 0 spiro atoms. The Hall–Kier alpha value is -1.16. The van der Waals surface area contributed by atoms with Crippen LogP contribution >= 0.6 is 12.6 Å². The van der Waals surface area contributed by atoms with Gasteiger partial charge in [-0.2, -0.15) is 0 Å². The number of benzene rings is 1. The third-order valence-corrected chi connectivity index (χ3v) is 2.41. The SMILES string of the molecule is CCOc1ccc(S)cc1C(C)C(=O)O. The number of aliphatic carboxylic acids is 1. The van der Waals surface area contributed by atoms with E-state index in [-0.39, 0.29) is 0 Å². The van der Waals surface area contributed by atoms with E-state index in [0.29, 0.717) is 17.9 Å². The van der Waals surface area contributed by atoms with Gasteiger partial charge in [0.05, 0.1) is 12.5 Å². The summed E-state index contributed by atoms with van der Waals surface area (Å²) < 4.78 is 5.37. The maximum atomic E-state index is 10.9. The first-order chi connectivity index (χ1) is 7.06. The van der Waals surface area contributed by atoms with E-state index in [9.17, 15) is 4.79 Å². The van der Waals surface area contributed by atoms with Gasteiger partial charge in [0.15, 0.2) is 0 Å². The van der Waals surface area contributed by atoms with E-state index >= 15 is 0 Å². The molecule has 0 aromatic heterocycles. The number of carbonyl (C=O) groups is 1. The summed E-state index contributed by atoms with van der Waals surface area (Å²) in [7, 11) is 0. The summed E-state index contributed by atoms with van der Waals surface area (Å²) in [5.41, 5.74) is 0.664. The largest absolute Gasteiger partial charge is 0.494 e. The zero-order valence-corrected chi connectivity index (χ0v) is 9.62. The topological polar surface area (TPSA) is 46.5 Å². The van der Waals surface area contributed by atoms with Gasteiger partial charge in [-0.05, 0) is 32.0 Å². The number of hydrogen-bond donors (Lipinski definition) is 2. The highest BCUT2D eigenvalue weighted by molar-refractivity contribution is 7.80. The molecule has 0 bridgehead atoms. The molecule has 15 heavy (non-hydrogen) atoms. The summed E-state index contributed by atoms with van der Waals surface area (Å²) in [6, 6.07) is 5.26. The van der Waals surface area contributed by atoms with Crippen molar-refractivity contribution >= 4 is 18.6 Å². The third-order valence-electron chi connectivity index (χ3n) is 2.13. The van der Waals surface area contributed by atoms with Gasteiger partial charge < -0.3 is 9.84 Å². The van der Waals surface area contributed by atoms with Crippen molar-refractivity contribution in [3.8, 4) is 5.75 Å². The smallest absolute Gasteiger partial charge is 0.310 e. The van der Waals surface area contributed by atoms with E-state index in [1.54, 1.807) is 25.1 Å². The van der Waals surface area contributed by atoms with Crippen LogP contribution in [0, 0.1) is 0 Å². The number of rotatable bonds is 4. The first-order valence-electron chi connectivity index (χ1n) is 4.74. The van der Waals surface area contributed by atoms with Gasteiger partial charge >= 0.3 is 5.97 Å². The fourth-order valence-electron chi connectivity index (χ4n) is 1.29. The average Bonchev–Trinajstić information content (AvgIpc) is 2.20. The minimum atomic E-state index is -0.866. The molecule has 0 aliphatic heterocycles. The Balaban J connectivity index is 3.11. The van der Waals surface area contributed by atoms with Gasteiger partial charge in [0.2, 0.25) is 0 Å². The monoisotopic (exact) mass is 226 g/mol. The first-order valence-corrected chi connectivity index (χ1v) is 5.19. The van der Waals surface area contributed by atoms with E-state index in [1.165, 1.54) is 0 Å². The molecule has 1 aromatic carbocycles. The molecule has 1 N–H and O–H groups in total. The third kappa shape index (κ3) is 2.89. The molecule has 82 valence electrons. The molecule has 0 amide bonds. The van der Waals surface area contributed by atoms with Gasteiger partial charge in [0.25, 0.3) is 0 Å². The highest BCUT2D eigenvalue weighted by atomic mass is 32.1. The lowest BCUT2D eigenvalue weighted by atomic mass is 10.0. The Morgan fingerprint density at radius 3 is 2.80 bits per heavy atom. The summed E-state index contributed by atoms with van der Waals surface area (Å²) in [4.78, 5) is 11.6. The summed E-state index contributed by atoms with van der Waals surface area (Å²) >= 11 is 4.18. The van der Waals surface area contributed by atoms with Crippen LogP contribution in [0.5, 0.6) is 5.75 Å². The van der Waals surface area contributed by atoms with Gasteiger partial charge in [0.1, 0.15) is 5.75 Å². The van der Waals surface area contributed by atoms with Crippen LogP contribution in [0.4, 0.5) is 0 Å². The molecule has 1 atom stereocenters. The van der Waals surface area contributed by atoms with Crippen LogP contribution in [0.15, 0.2) is 23.1 Å². The second kappa shape index (κ2) is 5.07. The number of carboxylic acid groups (broad SMARTS) is 1. The number of hydrogen-bond acceptors (Lipinski definition) is 3. The molecule has 1 unspecified atom stereocenters. The Labute approximate surface area is 94.5 Å². The summed E-state index contributed by atoms with van der Waals surface area (Å²) in [6.45, 7) is 4.02. The van der Waals surface area contributed by atoms with Crippen LogP contribution in [0.3, 0.4) is 0 Å². The summed E-state index contributed by atoms with van der Waals surface area (Å²) in [5, 5.41) is 8.94. The van der Waals surface area contributed by atoms with Crippen LogP contribution in [-0.4, -0.2) is 17.7 Å². The average molecular weight is 226 g/mol.